The molecule has 4 nitrogen and oxygen atoms in total. The Morgan fingerprint density at radius 2 is 2.06 bits per heavy atom. The molecule has 96 valence electrons. The van der Waals surface area contributed by atoms with E-state index >= 15 is 0 Å². The van der Waals surface area contributed by atoms with Gasteiger partial charge in [0.05, 0.1) is 11.9 Å². The summed E-state index contributed by atoms with van der Waals surface area (Å²) >= 11 is 0. The number of imidazole rings is 1. The minimum Gasteiger partial charge on any atom is -0.506 e. The molecule has 1 saturated heterocycles. The molecule has 1 aliphatic heterocycles. The summed E-state index contributed by atoms with van der Waals surface area (Å²) in [5, 5.41) is 9.44. The van der Waals surface area contributed by atoms with Gasteiger partial charge >= 0.3 is 0 Å². The average molecular weight is 245 g/mol. The Labute approximate surface area is 107 Å². The molecule has 18 heavy (non-hydrogen) atoms. The lowest BCUT2D eigenvalue weighted by molar-refractivity contribution is 0.218. The van der Waals surface area contributed by atoms with E-state index in [1.807, 2.05) is 16.7 Å². The number of fused-ring (bicyclic) bond motifs is 1. The summed E-state index contributed by atoms with van der Waals surface area (Å²) < 4.78 is 1.90. The first kappa shape index (κ1) is 11.5. The lowest BCUT2D eigenvalue weighted by atomic mass is 9.93. The van der Waals surface area contributed by atoms with Gasteiger partial charge in [0, 0.05) is 6.20 Å². The average Bonchev–Trinajstić information content (AvgIpc) is 2.73. The molecule has 0 radical (unpaired) electrons. The zero-order valence-corrected chi connectivity index (χ0v) is 10.7. The van der Waals surface area contributed by atoms with Gasteiger partial charge in [-0.3, -0.25) is 0 Å². The summed E-state index contributed by atoms with van der Waals surface area (Å²) in [5.41, 5.74) is 2.05. The summed E-state index contributed by atoms with van der Waals surface area (Å²) in [6, 6.07) is 3.54. The van der Waals surface area contributed by atoms with Crippen molar-refractivity contribution in [1.29, 1.82) is 0 Å². The molecule has 3 heterocycles. The highest BCUT2D eigenvalue weighted by Gasteiger charge is 2.18. The van der Waals surface area contributed by atoms with E-state index in [0.717, 1.165) is 23.7 Å². The van der Waals surface area contributed by atoms with Crippen LogP contribution in [0.25, 0.3) is 5.65 Å². The Kier molecular flexibility index (Phi) is 2.96. The number of rotatable bonds is 2. The first-order valence-electron chi connectivity index (χ1n) is 6.56. The van der Waals surface area contributed by atoms with E-state index in [-0.39, 0.29) is 5.75 Å². The highest BCUT2D eigenvalue weighted by atomic mass is 16.3. The summed E-state index contributed by atoms with van der Waals surface area (Å²) in [5.74, 6) is 1.03. The third-order valence-corrected chi connectivity index (χ3v) is 3.82. The van der Waals surface area contributed by atoms with E-state index < -0.39 is 0 Å². The molecule has 3 rings (SSSR count). The fourth-order valence-corrected chi connectivity index (χ4v) is 2.69. The Hall–Kier alpha value is -1.55. The van der Waals surface area contributed by atoms with E-state index in [1.165, 1.54) is 25.9 Å². The number of hydrogen-bond acceptors (Lipinski definition) is 3. The smallest absolute Gasteiger partial charge is 0.137 e. The molecule has 2 aromatic heterocycles. The molecular weight excluding hydrogens is 226 g/mol. The van der Waals surface area contributed by atoms with Crippen LogP contribution in [0.5, 0.6) is 5.75 Å². The molecule has 0 spiro atoms. The second kappa shape index (κ2) is 4.61. The molecular formula is C14H19N3O. The van der Waals surface area contributed by atoms with Gasteiger partial charge in [0.2, 0.25) is 0 Å². The lowest BCUT2D eigenvalue weighted by Gasteiger charge is -2.28. The number of piperidine rings is 1. The zero-order valence-electron chi connectivity index (χ0n) is 10.7. The van der Waals surface area contributed by atoms with Crippen LogP contribution in [0.3, 0.4) is 0 Å². The van der Waals surface area contributed by atoms with Crippen LogP contribution in [0.2, 0.25) is 0 Å². The quantitative estimate of drug-likeness (QED) is 0.879. The van der Waals surface area contributed by atoms with Crippen molar-refractivity contribution in [1.82, 2.24) is 14.3 Å². The fraction of sp³-hybridized carbons (Fsp3) is 0.500. The van der Waals surface area contributed by atoms with Crippen molar-refractivity contribution in [3.8, 4) is 5.75 Å². The van der Waals surface area contributed by atoms with Crippen LogP contribution in [-0.2, 0) is 6.42 Å². The molecule has 0 aliphatic carbocycles. The second-order valence-corrected chi connectivity index (χ2v) is 5.34. The molecule has 0 aromatic carbocycles. The van der Waals surface area contributed by atoms with Crippen molar-refractivity contribution in [2.75, 3.05) is 20.1 Å². The van der Waals surface area contributed by atoms with Crippen LogP contribution in [0.15, 0.2) is 24.5 Å². The molecule has 1 N–H and O–H groups in total. The van der Waals surface area contributed by atoms with E-state index in [4.69, 9.17) is 0 Å². The predicted octanol–water partition coefficient (Wildman–Crippen LogP) is 1.92. The molecule has 1 fully saturated rings. The third-order valence-electron chi connectivity index (χ3n) is 3.82. The molecule has 0 bridgehead atoms. The molecule has 4 heteroatoms. The van der Waals surface area contributed by atoms with Crippen molar-refractivity contribution < 1.29 is 5.11 Å². The van der Waals surface area contributed by atoms with Crippen LogP contribution >= 0.6 is 0 Å². The first-order chi connectivity index (χ1) is 8.70. The van der Waals surface area contributed by atoms with Crippen molar-refractivity contribution in [3.63, 3.8) is 0 Å². The maximum Gasteiger partial charge on any atom is 0.137 e. The van der Waals surface area contributed by atoms with E-state index in [0.29, 0.717) is 0 Å². The van der Waals surface area contributed by atoms with Crippen molar-refractivity contribution in [3.05, 3.63) is 30.2 Å². The van der Waals surface area contributed by atoms with E-state index in [2.05, 4.69) is 16.9 Å². The molecule has 0 amide bonds. The lowest BCUT2D eigenvalue weighted by Crippen LogP contribution is -2.30. The van der Waals surface area contributed by atoms with Crippen LogP contribution in [0.1, 0.15) is 18.5 Å². The first-order valence-corrected chi connectivity index (χ1v) is 6.56. The number of aromatic hydroxyl groups is 1. The van der Waals surface area contributed by atoms with Crippen molar-refractivity contribution in [2.45, 2.75) is 19.3 Å². The fourth-order valence-electron chi connectivity index (χ4n) is 2.69. The number of hydrogen-bond donors (Lipinski definition) is 1. The van der Waals surface area contributed by atoms with Crippen LogP contribution in [-0.4, -0.2) is 39.5 Å². The van der Waals surface area contributed by atoms with Crippen LogP contribution in [0.4, 0.5) is 0 Å². The minimum atomic E-state index is 0.283. The Morgan fingerprint density at radius 3 is 2.83 bits per heavy atom. The Morgan fingerprint density at radius 1 is 1.28 bits per heavy atom. The highest BCUT2D eigenvalue weighted by molar-refractivity contribution is 5.42. The standard InChI is InChI=1S/C14H19N3O/c1-16-6-4-11(5-7-16)8-12-9-17-10-13(18)2-3-14(17)15-12/h2-3,9-11,18H,4-8H2,1H3. The van der Waals surface area contributed by atoms with Gasteiger partial charge in [-0.2, -0.15) is 0 Å². The van der Waals surface area contributed by atoms with Crippen LogP contribution in [0, 0.1) is 5.92 Å². The number of nitrogens with zero attached hydrogens (tertiary/aromatic N) is 3. The van der Waals surface area contributed by atoms with Gasteiger partial charge in [-0.25, -0.2) is 4.98 Å². The van der Waals surface area contributed by atoms with E-state index in [1.54, 1.807) is 12.3 Å². The second-order valence-electron chi connectivity index (χ2n) is 5.34. The summed E-state index contributed by atoms with van der Waals surface area (Å²) in [6.45, 7) is 2.39. The number of likely N-dealkylation sites (tertiary alicyclic amines) is 1. The monoisotopic (exact) mass is 245 g/mol. The van der Waals surface area contributed by atoms with Gasteiger partial charge in [0.1, 0.15) is 11.4 Å². The van der Waals surface area contributed by atoms with Gasteiger partial charge in [0.25, 0.3) is 0 Å². The molecule has 0 unspecified atom stereocenters. The largest absolute Gasteiger partial charge is 0.506 e. The molecule has 2 aromatic rings. The summed E-state index contributed by atoms with van der Waals surface area (Å²) in [7, 11) is 2.18. The highest BCUT2D eigenvalue weighted by Crippen LogP contribution is 2.21. The van der Waals surface area contributed by atoms with Gasteiger partial charge in [-0.05, 0) is 57.5 Å². The maximum absolute atomic E-state index is 9.44. The number of pyridine rings is 1. The van der Waals surface area contributed by atoms with Crippen molar-refractivity contribution >= 4 is 5.65 Å². The summed E-state index contributed by atoms with van der Waals surface area (Å²) in [6.07, 6.45) is 7.31. The van der Waals surface area contributed by atoms with E-state index in [9.17, 15) is 5.11 Å². The Balaban J connectivity index is 1.74. The molecule has 1 aliphatic rings. The molecule has 0 atom stereocenters. The minimum absolute atomic E-state index is 0.283. The summed E-state index contributed by atoms with van der Waals surface area (Å²) in [4.78, 5) is 6.99. The third kappa shape index (κ3) is 2.34. The van der Waals surface area contributed by atoms with Crippen molar-refractivity contribution in [2.24, 2.45) is 5.92 Å². The normalized spacial score (nSPS) is 18.5. The molecule has 0 saturated carbocycles. The topological polar surface area (TPSA) is 40.8 Å². The van der Waals surface area contributed by atoms with Crippen LogP contribution < -0.4 is 0 Å². The predicted molar refractivity (Wildman–Crippen MR) is 70.8 cm³/mol. The van der Waals surface area contributed by atoms with Gasteiger partial charge in [0.15, 0.2) is 0 Å². The van der Waals surface area contributed by atoms with Gasteiger partial charge < -0.3 is 14.4 Å². The SMILES string of the molecule is CN1CCC(Cc2cn3cc(O)ccc3n2)CC1. The van der Waals surface area contributed by atoms with Gasteiger partial charge in [-0.1, -0.05) is 0 Å². The Bertz CT molecular complexity index is 541. The van der Waals surface area contributed by atoms with Gasteiger partial charge in [-0.15, -0.1) is 0 Å². The zero-order chi connectivity index (χ0) is 12.5. The maximum atomic E-state index is 9.44. The number of aromatic nitrogens is 2.